The number of thiazole rings is 1. The highest BCUT2D eigenvalue weighted by molar-refractivity contribution is 7.16. The first-order valence-electron chi connectivity index (χ1n) is 8.29. The monoisotopic (exact) mass is 366 g/mol. The topological polar surface area (TPSA) is 72.2 Å². The van der Waals surface area contributed by atoms with E-state index in [0.717, 1.165) is 21.3 Å². The second kappa shape index (κ2) is 7.98. The van der Waals surface area contributed by atoms with Gasteiger partial charge >= 0.3 is 5.97 Å². The van der Waals surface area contributed by atoms with Crippen molar-refractivity contribution in [3.05, 3.63) is 47.5 Å². The molecule has 0 spiro atoms. The number of hydrogen-bond donors (Lipinski definition) is 0. The van der Waals surface area contributed by atoms with Gasteiger partial charge in [-0.3, -0.25) is 4.79 Å². The van der Waals surface area contributed by atoms with Crippen molar-refractivity contribution in [1.29, 1.82) is 5.26 Å². The maximum atomic E-state index is 11.8. The molecule has 0 N–H and O–H groups in total. The number of hydrogen-bond acceptors (Lipinski definition) is 6. The molecule has 132 valence electrons. The zero-order chi connectivity index (χ0) is 18.5. The van der Waals surface area contributed by atoms with E-state index in [1.165, 1.54) is 0 Å². The average Bonchev–Trinajstić information content (AvgIpc) is 3.13. The van der Waals surface area contributed by atoms with Crippen LogP contribution < -0.4 is 4.74 Å². The minimum atomic E-state index is -0.366. The summed E-state index contributed by atoms with van der Waals surface area (Å²) >= 11 is 1.56. The third-order valence-corrected chi connectivity index (χ3v) is 4.73. The fourth-order valence-electron chi connectivity index (χ4n) is 2.52. The standard InChI is InChI=1S/C20H18N2O3S/c1-3-24-20(23)13(2)11-25-18-9-17-19(26-12-22-17)8-16(18)15-6-4-14(10-21)5-7-15/h4-9,12-13H,3,11H2,1-2H3. The van der Waals surface area contributed by atoms with Crippen LogP contribution in [0.4, 0.5) is 0 Å². The van der Waals surface area contributed by atoms with Crippen molar-refractivity contribution in [2.24, 2.45) is 5.92 Å². The lowest BCUT2D eigenvalue weighted by atomic mass is 10.0. The van der Waals surface area contributed by atoms with Crippen LogP contribution in [0.3, 0.4) is 0 Å². The summed E-state index contributed by atoms with van der Waals surface area (Å²) in [6.45, 7) is 4.13. The Hall–Kier alpha value is -2.91. The number of carbonyl (C=O) groups excluding carboxylic acids is 1. The van der Waals surface area contributed by atoms with Crippen LogP contribution in [0.5, 0.6) is 5.75 Å². The molecular weight excluding hydrogens is 348 g/mol. The van der Waals surface area contributed by atoms with Crippen molar-refractivity contribution in [1.82, 2.24) is 4.98 Å². The van der Waals surface area contributed by atoms with Crippen LogP contribution in [0.2, 0.25) is 0 Å². The van der Waals surface area contributed by atoms with Crippen LogP contribution in [-0.2, 0) is 9.53 Å². The van der Waals surface area contributed by atoms with Gasteiger partial charge in [-0.2, -0.15) is 5.26 Å². The summed E-state index contributed by atoms with van der Waals surface area (Å²) < 4.78 is 12.0. The average molecular weight is 366 g/mol. The van der Waals surface area contributed by atoms with Crippen molar-refractivity contribution in [2.75, 3.05) is 13.2 Å². The lowest BCUT2D eigenvalue weighted by molar-refractivity contribution is -0.148. The minimum absolute atomic E-state index is 0.220. The highest BCUT2D eigenvalue weighted by atomic mass is 32.1. The molecule has 3 aromatic rings. The first kappa shape index (κ1) is 17.9. The van der Waals surface area contributed by atoms with Crippen LogP contribution in [0.25, 0.3) is 21.3 Å². The number of nitriles is 1. The van der Waals surface area contributed by atoms with E-state index < -0.39 is 0 Å². The van der Waals surface area contributed by atoms with E-state index in [0.29, 0.717) is 17.9 Å². The molecule has 0 saturated carbocycles. The fourth-order valence-corrected chi connectivity index (χ4v) is 3.22. The molecule has 0 amide bonds. The first-order chi connectivity index (χ1) is 12.6. The largest absolute Gasteiger partial charge is 0.492 e. The molecule has 26 heavy (non-hydrogen) atoms. The van der Waals surface area contributed by atoms with Crippen LogP contribution >= 0.6 is 11.3 Å². The van der Waals surface area contributed by atoms with Gasteiger partial charge in [-0.05, 0) is 37.6 Å². The van der Waals surface area contributed by atoms with Crippen LogP contribution in [0.15, 0.2) is 41.9 Å². The minimum Gasteiger partial charge on any atom is -0.492 e. The van der Waals surface area contributed by atoms with Gasteiger partial charge in [-0.25, -0.2) is 4.98 Å². The number of esters is 1. The lowest BCUT2D eigenvalue weighted by Crippen LogP contribution is -2.21. The predicted molar refractivity (Wildman–Crippen MR) is 101 cm³/mol. The highest BCUT2D eigenvalue weighted by Gasteiger charge is 2.17. The van der Waals surface area contributed by atoms with E-state index in [1.807, 2.05) is 24.3 Å². The number of fused-ring (bicyclic) bond motifs is 1. The summed E-state index contributed by atoms with van der Waals surface area (Å²) in [6.07, 6.45) is 0. The SMILES string of the molecule is CCOC(=O)C(C)COc1cc2ncsc2cc1-c1ccc(C#N)cc1. The summed E-state index contributed by atoms with van der Waals surface area (Å²) in [7, 11) is 0. The van der Waals surface area contributed by atoms with Gasteiger partial charge in [0, 0.05) is 11.6 Å². The van der Waals surface area contributed by atoms with E-state index in [4.69, 9.17) is 14.7 Å². The molecule has 0 saturated heterocycles. The molecule has 0 aliphatic heterocycles. The Morgan fingerprint density at radius 2 is 2.08 bits per heavy atom. The molecule has 6 heteroatoms. The van der Waals surface area contributed by atoms with Crippen molar-refractivity contribution in [3.8, 4) is 22.9 Å². The second-order valence-corrected chi connectivity index (χ2v) is 6.71. The van der Waals surface area contributed by atoms with E-state index in [1.54, 1.807) is 42.8 Å². The number of nitrogens with zero attached hydrogens (tertiary/aromatic N) is 2. The molecule has 1 atom stereocenters. The fraction of sp³-hybridized carbons (Fsp3) is 0.250. The molecule has 5 nitrogen and oxygen atoms in total. The molecule has 3 rings (SSSR count). The normalized spacial score (nSPS) is 11.7. The quantitative estimate of drug-likeness (QED) is 0.604. The van der Waals surface area contributed by atoms with Crippen LogP contribution in [0, 0.1) is 17.2 Å². The molecule has 0 aliphatic rings. The summed E-state index contributed by atoms with van der Waals surface area (Å²) in [6, 6.07) is 13.4. The van der Waals surface area contributed by atoms with Crippen LogP contribution in [0.1, 0.15) is 19.4 Å². The van der Waals surface area contributed by atoms with Gasteiger partial charge in [0.05, 0.1) is 39.9 Å². The Balaban J connectivity index is 1.92. The van der Waals surface area contributed by atoms with Gasteiger partial charge in [0.2, 0.25) is 0 Å². The van der Waals surface area contributed by atoms with Gasteiger partial charge in [-0.1, -0.05) is 12.1 Å². The van der Waals surface area contributed by atoms with Crippen molar-refractivity contribution >= 4 is 27.5 Å². The second-order valence-electron chi connectivity index (χ2n) is 5.82. The number of ether oxygens (including phenoxy) is 2. The molecule has 1 unspecified atom stereocenters. The lowest BCUT2D eigenvalue weighted by Gasteiger charge is -2.15. The van der Waals surface area contributed by atoms with E-state index in [-0.39, 0.29) is 18.5 Å². The van der Waals surface area contributed by atoms with Crippen molar-refractivity contribution in [3.63, 3.8) is 0 Å². The van der Waals surface area contributed by atoms with Crippen molar-refractivity contribution < 1.29 is 14.3 Å². The van der Waals surface area contributed by atoms with Crippen molar-refractivity contribution in [2.45, 2.75) is 13.8 Å². The zero-order valence-corrected chi connectivity index (χ0v) is 15.4. The predicted octanol–water partition coefficient (Wildman–Crippen LogP) is 4.41. The van der Waals surface area contributed by atoms with E-state index in [9.17, 15) is 4.79 Å². The van der Waals surface area contributed by atoms with Gasteiger partial charge < -0.3 is 9.47 Å². The van der Waals surface area contributed by atoms with E-state index >= 15 is 0 Å². The molecule has 2 aromatic carbocycles. The Morgan fingerprint density at radius 1 is 1.31 bits per heavy atom. The molecule has 0 radical (unpaired) electrons. The Morgan fingerprint density at radius 3 is 2.77 bits per heavy atom. The van der Waals surface area contributed by atoms with Gasteiger partial charge in [0.25, 0.3) is 0 Å². The number of benzene rings is 2. The third kappa shape index (κ3) is 3.84. The molecule has 0 fully saturated rings. The number of carbonyl (C=O) groups is 1. The number of aromatic nitrogens is 1. The summed E-state index contributed by atoms with van der Waals surface area (Å²) in [5.74, 6) is 0.0151. The van der Waals surface area contributed by atoms with Gasteiger partial charge in [-0.15, -0.1) is 11.3 Å². The Labute approximate surface area is 155 Å². The third-order valence-electron chi connectivity index (χ3n) is 3.94. The summed E-state index contributed by atoms with van der Waals surface area (Å²) in [5, 5.41) is 8.98. The van der Waals surface area contributed by atoms with Gasteiger partial charge in [0.1, 0.15) is 12.4 Å². The molecular formula is C20H18N2O3S. The Kier molecular flexibility index (Phi) is 5.49. The number of rotatable bonds is 6. The molecule has 0 aliphatic carbocycles. The summed E-state index contributed by atoms with van der Waals surface area (Å²) in [5.41, 5.74) is 5.09. The maximum Gasteiger partial charge on any atom is 0.312 e. The molecule has 1 aromatic heterocycles. The molecule has 0 bridgehead atoms. The smallest absolute Gasteiger partial charge is 0.312 e. The maximum absolute atomic E-state index is 11.8. The first-order valence-corrected chi connectivity index (χ1v) is 9.17. The highest BCUT2D eigenvalue weighted by Crippen LogP contribution is 2.35. The zero-order valence-electron chi connectivity index (χ0n) is 14.6. The summed E-state index contributed by atoms with van der Waals surface area (Å²) in [4.78, 5) is 16.2. The van der Waals surface area contributed by atoms with E-state index in [2.05, 4.69) is 11.1 Å². The van der Waals surface area contributed by atoms with Gasteiger partial charge in [0.15, 0.2) is 0 Å². The Bertz CT molecular complexity index is 957. The van der Waals surface area contributed by atoms with Crippen LogP contribution in [-0.4, -0.2) is 24.2 Å². The molecule has 1 heterocycles.